The molecule has 6 nitrogen and oxygen atoms in total. The molecule has 1 aromatic heterocycles. The van der Waals surface area contributed by atoms with Gasteiger partial charge in [-0.3, -0.25) is 9.59 Å². The summed E-state index contributed by atoms with van der Waals surface area (Å²) in [5.74, 6) is 0.821. The first-order valence-corrected chi connectivity index (χ1v) is 11.0. The second-order valence-corrected chi connectivity index (χ2v) is 8.39. The van der Waals surface area contributed by atoms with Gasteiger partial charge in [-0.2, -0.15) is 0 Å². The molecule has 1 saturated heterocycles. The van der Waals surface area contributed by atoms with Crippen LogP contribution in [0, 0.1) is 12.8 Å². The Morgan fingerprint density at radius 3 is 2.38 bits per heavy atom. The van der Waals surface area contributed by atoms with Crippen LogP contribution in [0.3, 0.4) is 0 Å². The average Bonchev–Trinajstić information content (AvgIpc) is 2.80. The molecule has 2 heterocycles. The summed E-state index contributed by atoms with van der Waals surface area (Å²) in [7, 11) is 0. The van der Waals surface area contributed by atoms with Gasteiger partial charge in [-0.05, 0) is 79.8 Å². The van der Waals surface area contributed by atoms with Crippen LogP contribution in [0.4, 0.5) is 17.2 Å². The van der Waals surface area contributed by atoms with Gasteiger partial charge in [-0.1, -0.05) is 19.1 Å². The molecular formula is C26H28N4O2. The van der Waals surface area contributed by atoms with E-state index < -0.39 is 0 Å². The van der Waals surface area contributed by atoms with Crippen molar-refractivity contribution >= 4 is 29.0 Å². The van der Waals surface area contributed by atoms with Crippen molar-refractivity contribution in [1.29, 1.82) is 0 Å². The highest BCUT2D eigenvalue weighted by atomic mass is 16.2. The molecule has 2 aromatic carbocycles. The highest BCUT2D eigenvalue weighted by Gasteiger charge is 2.21. The van der Waals surface area contributed by atoms with Crippen molar-refractivity contribution in [2.24, 2.45) is 5.92 Å². The van der Waals surface area contributed by atoms with E-state index >= 15 is 0 Å². The SMILES string of the molecule is Cc1ccc(C(=O)Nc2ccc(C(=O)Nc3ccccn3)cc2)c(N2CCC(C)CC2)c1. The van der Waals surface area contributed by atoms with Crippen molar-refractivity contribution in [3.05, 3.63) is 83.6 Å². The number of pyridine rings is 1. The van der Waals surface area contributed by atoms with Gasteiger partial charge in [0.2, 0.25) is 0 Å². The number of nitrogens with zero attached hydrogens (tertiary/aromatic N) is 2. The normalized spacial score (nSPS) is 14.1. The van der Waals surface area contributed by atoms with Crippen molar-refractivity contribution in [3.8, 4) is 0 Å². The summed E-state index contributed by atoms with van der Waals surface area (Å²) in [6.07, 6.45) is 3.89. The van der Waals surface area contributed by atoms with E-state index in [9.17, 15) is 9.59 Å². The van der Waals surface area contributed by atoms with E-state index in [1.54, 1.807) is 42.6 Å². The first-order valence-electron chi connectivity index (χ1n) is 11.0. The van der Waals surface area contributed by atoms with E-state index in [2.05, 4.69) is 33.5 Å². The molecule has 6 heteroatoms. The van der Waals surface area contributed by atoms with Crippen molar-refractivity contribution in [2.75, 3.05) is 28.6 Å². The van der Waals surface area contributed by atoms with E-state index in [1.807, 2.05) is 25.1 Å². The zero-order chi connectivity index (χ0) is 22.5. The smallest absolute Gasteiger partial charge is 0.257 e. The quantitative estimate of drug-likeness (QED) is 0.591. The monoisotopic (exact) mass is 428 g/mol. The molecule has 0 atom stereocenters. The number of carbonyl (C=O) groups is 2. The van der Waals surface area contributed by atoms with Gasteiger partial charge in [0.05, 0.1) is 5.56 Å². The predicted octanol–water partition coefficient (Wildman–Crippen LogP) is 5.13. The number of piperidine rings is 1. The first-order chi connectivity index (χ1) is 15.5. The van der Waals surface area contributed by atoms with Crippen LogP contribution in [0.1, 0.15) is 46.0 Å². The Balaban J connectivity index is 1.45. The number of carbonyl (C=O) groups excluding carboxylic acids is 2. The largest absolute Gasteiger partial charge is 0.371 e. The molecule has 0 saturated carbocycles. The Kier molecular flexibility index (Phi) is 6.50. The maximum Gasteiger partial charge on any atom is 0.257 e. The number of hydrogen-bond acceptors (Lipinski definition) is 4. The molecule has 1 fully saturated rings. The van der Waals surface area contributed by atoms with E-state index in [0.29, 0.717) is 22.6 Å². The van der Waals surface area contributed by atoms with Crippen LogP contribution in [-0.2, 0) is 0 Å². The number of amides is 2. The third-order valence-corrected chi connectivity index (χ3v) is 5.83. The van der Waals surface area contributed by atoms with Crippen molar-refractivity contribution in [2.45, 2.75) is 26.7 Å². The second kappa shape index (κ2) is 9.64. The van der Waals surface area contributed by atoms with Crippen LogP contribution in [0.15, 0.2) is 66.9 Å². The third-order valence-electron chi connectivity index (χ3n) is 5.83. The topological polar surface area (TPSA) is 74.3 Å². The molecule has 0 aliphatic carbocycles. The summed E-state index contributed by atoms with van der Waals surface area (Å²) in [5.41, 5.74) is 3.93. The average molecular weight is 429 g/mol. The first kappa shape index (κ1) is 21.6. The van der Waals surface area contributed by atoms with Gasteiger partial charge in [-0.25, -0.2) is 4.98 Å². The molecule has 0 radical (unpaired) electrons. The predicted molar refractivity (Wildman–Crippen MR) is 128 cm³/mol. The summed E-state index contributed by atoms with van der Waals surface area (Å²) in [6, 6.07) is 18.1. The van der Waals surface area contributed by atoms with Gasteiger partial charge in [0, 0.05) is 36.2 Å². The van der Waals surface area contributed by atoms with Crippen LogP contribution >= 0.6 is 0 Å². The van der Waals surface area contributed by atoms with Crippen LogP contribution < -0.4 is 15.5 Å². The molecule has 0 unspecified atom stereocenters. The van der Waals surface area contributed by atoms with Gasteiger partial charge < -0.3 is 15.5 Å². The molecule has 1 aliphatic rings. The standard InChI is InChI=1S/C26H28N4O2/c1-18-12-15-30(16-13-18)23-17-19(2)6-11-22(23)26(32)28-21-9-7-20(8-10-21)25(31)29-24-5-3-4-14-27-24/h3-11,14,17-18H,12-13,15-16H2,1-2H3,(H,28,32)(H,27,29,31). The highest BCUT2D eigenvalue weighted by molar-refractivity contribution is 6.09. The minimum Gasteiger partial charge on any atom is -0.371 e. The molecule has 164 valence electrons. The lowest BCUT2D eigenvalue weighted by Gasteiger charge is -2.33. The second-order valence-electron chi connectivity index (χ2n) is 8.39. The van der Waals surface area contributed by atoms with Gasteiger partial charge in [0.15, 0.2) is 0 Å². The zero-order valence-corrected chi connectivity index (χ0v) is 18.5. The fourth-order valence-electron chi connectivity index (χ4n) is 3.87. The maximum atomic E-state index is 13.1. The Morgan fingerprint density at radius 1 is 0.938 bits per heavy atom. The molecule has 4 rings (SSSR count). The fraction of sp³-hybridized carbons (Fsp3) is 0.269. The Hall–Kier alpha value is -3.67. The van der Waals surface area contributed by atoms with Crippen LogP contribution in [0.25, 0.3) is 0 Å². The minimum atomic E-state index is -0.248. The number of aromatic nitrogens is 1. The number of nitrogens with one attached hydrogen (secondary N) is 2. The lowest BCUT2D eigenvalue weighted by molar-refractivity contribution is 0.101. The van der Waals surface area contributed by atoms with E-state index in [4.69, 9.17) is 0 Å². The molecular weight excluding hydrogens is 400 g/mol. The van der Waals surface area contributed by atoms with Crippen LogP contribution in [0.5, 0.6) is 0 Å². The lowest BCUT2D eigenvalue weighted by Crippen LogP contribution is -2.34. The summed E-state index contributed by atoms with van der Waals surface area (Å²) in [6.45, 7) is 6.25. The third kappa shape index (κ3) is 5.14. The molecule has 0 spiro atoms. The van der Waals surface area contributed by atoms with Crippen molar-refractivity contribution < 1.29 is 9.59 Å². The Morgan fingerprint density at radius 2 is 1.69 bits per heavy atom. The van der Waals surface area contributed by atoms with Crippen molar-refractivity contribution in [1.82, 2.24) is 4.98 Å². The van der Waals surface area contributed by atoms with Gasteiger partial charge in [0.1, 0.15) is 5.82 Å². The summed E-state index contributed by atoms with van der Waals surface area (Å²) >= 11 is 0. The lowest BCUT2D eigenvalue weighted by atomic mass is 9.97. The van der Waals surface area contributed by atoms with Crippen LogP contribution in [-0.4, -0.2) is 29.9 Å². The van der Waals surface area contributed by atoms with Gasteiger partial charge in [0.25, 0.3) is 11.8 Å². The zero-order valence-electron chi connectivity index (χ0n) is 18.5. The molecule has 2 amide bonds. The number of benzene rings is 2. The summed E-state index contributed by atoms with van der Waals surface area (Å²) in [5, 5.41) is 5.73. The van der Waals surface area contributed by atoms with Gasteiger partial charge in [-0.15, -0.1) is 0 Å². The van der Waals surface area contributed by atoms with E-state index in [0.717, 1.165) is 43.1 Å². The fourth-order valence-corrected chi connectivity index (χ4v) is 3.87. The number of aryl methyl sites for hydroxylation is 1. The molecule has 32 heavy (non-hydrogen) atoms. The van der Waals surface area contributed by atoms with E-state index in [-0.39, 0.29) is 11.8 Å². The number of rotatable bonds is 5. The maximum absolute atomic E-state index is 13.1. The summed E-state index contributed by atoms with van der Waals surface area (Å²) in [4.78, 5) is 31.9. The van der Waals surface area contributed by atoms with Crippen molar-refractivity contribution in [3.63, 3.8) is 0 Å². The number of hydrogen-bond donors (Lipinski definition) is 2. The van der Waals surface area contributed by atoms with Gasteiger partial charge >= 0.3 is 0 Å². The molecule has 0 bridgehead atoms. The molecule has 3 aromatic rings. The Labute approximate surface area is 188 Å². The van der Waals surface area contributed by atoms with E-state index in [1.165, 1.54) is 0 Å². The number of anilines is 3. The van der Waals surface area contributed by atoms with Crippen LogP contribution in [0.2, 0.25) is 0 Å². The summed E-state index contributed by atoms with van der Waals surface area (Å²) < 4.78 is 0. The minimum absolute atomic E-state index is 0.149. The highest BCUT2D eigenvalue weighted by Crippen LogP contribution is 2.28. The molecule has 2 N–H and O–H groups in total. The Bertz CT molecular complexity index is 1090. The molecule has 1 aliphatic heterocycles.